The van der Waals surface area contributed by atoms with Crippen LogP contribution in [0.5, 0.6) is 0 Å². The fourth-order valence-corrected chi connectivity index (χ4v) is 7.57. The van der Waals surface area contributed by atoms with Gasteiger partial charge < -0.3 is 9.84 Å². The third-order valence-corrected chi connectivity index (χ3v) is 10.9. The molecule has 0 saturated carbocycles. The van der Waals surface area contributed by atoms with Gasteiger partial charge in [0, 0.05) is 40.5 Å². The zero-order valence-corrected chi connectivity index (χ0v) is 26.6. The van der Waals surface area contributed by atoms with Gasteiger partial charge in [-0.05, 0) is 84.7 Å². The van der Waals surface area contributed by atoms with E-state index in [1.165, 1.54) is 0 Å². The molecule has 1 aromatic heterocycles. The van der Waals surface area contributed by atoms with Crippen LogP contribution in [-0.4, -0.2) is 52.8 Å². The summed E-state index contributed by atoms with van der Waals surface area (Å²) < 4.78 is 73.5. The van der Waals surface area contributed by atoms with Crippen molar-refractivity contribution < 1.29 is 31.4 Å². The SMILES string of the molecule is O=S(=O)(N1CCC(c2nn(C3CCCCO3)c3ccc(C(O)c4ccc(Br)cc4)c(-c4ccc(Cl)cc4)c23)CC1)C(F)(F)F. The van der Waals surface area contributed by atoms with Crippen molar-refractivity contribution in [3.8, 4) is 11.1 Å². The Morgan fingerprint density at radius 1 is 0.977 bits per heavy atom. The average molecular weight is 713 g/mol. The molecule has 0 amide bonds. The molecule has 0 bridgehead atoms. The maximum atomic E-state index is 13.3. The number of ether oxygens (including phenoxy) is 1. The van der Waals surface area contributed by atoms with Crippen molar-refractivity contribution in [2.75, 3.05) is 19.7 Å². The molecule has 2 atom stereocenters. The van der Waals surface area contributed by atoms with Crippen molar-refractivity contribution in [1.82, 2.24) is 14.1 Å². The minimum absolute atomic E-state index is 0.159. The maximum absolute atomic E-state index is 13.3. The summed E-state index contributed by atoms with van der Waals surface area (Å²) in [6.07, 6.45) is 1.63. The molecule has 2 aliphatic heterocycles. The number of sulfonamides is 1. The summed E-state index contributed by atoms with van der Waals surface area (Å²) in [5.74, 6) is -0.326. The number of piperidine rings is 1. The van der Waals surface area contributed by atoms with E-state index in [-0.39, 0.29) is 38.1 Å². The highest BCUT2D eigenvalue weighted by Crippen LogP contribution is 2.45. The molecule has 2 unspecified atom stereocenters. The predicted molar refractivity (Wildman–Crippen MR) is 166 cm³/mol. The molecule has 3 aromatic carbocycles. The third-order valence-electron chi connectivity index (χ3n) is 8.45. The Hall–Kier alpha value is -2.48. The van der Waals surface area contributed by atoms with Gasteiger partial charge in [-0.2, -0.15) is 22.6 Å². The third kappa shape index (κ3) is 5.92. The summed E-state index contributed by atoms with van der Waals surface area (Å²) >= 11 is 9.69. The number of aromatic nitrogens is 2. The van der Waals surface area contributed by atoms with E-state index in [1.807, 2.05) is 53.2 Å². The highest BCUT2D eigenvalue weighted by Gasteiger charge is 2.50. The number of fused-ring (bicyclic) bond motifs is 1. The molecule has 2 aliphatic rings. The normalized spacial score (nSPS) is 19.8. The lowest BCUT2D eigenvalue weighted by molar-refractivity contribution is -0.0495. The standard InChI is InChI=1S/C31H30BrClF3N3O4S/c32-22-8-4-21(5-9-22)30(40)24-12-13-25-28(27(24)19-6-10-23(33)11-7-19)29(37-39(25)26-3-1-2-18-43-26)20-14-16-38(17-15-20)44(41,42)31(34,35)36/h4-13,20,26,30,40H,1-3,14-18H2. The van der Waals surface area contributed by atoms with Crippen molar-refractivity contribution in [3.05, 3.63) is 87.0 Å². The lowest BCUT2D eigenvalue weighted by Gasteiger charge is -2.31. The van der Waals surface area contributed by atoms with Gasteiger partial charge in [0.1, 0.15) is 6.10 Å². The van der Waals surface area contributed by atoms with Crippen molar-refractivity contribution in [1.29, 1.82) is 0 Å². The number of aliphatic hydroxyl groups excluding tert-OH is 1. The lowest BCUT2D eigenvalue weighted by Crippen LogP contribution is -2.44. The van der Waals surface area contributed by atoms with Gasteiger partial charge >= 0.3 is 15.5 Å². The molecule has 6 rings (SSSR count). The number of hydrogen-bond donors (Lipinski definition) is 1. The first kappa shape index (κ1) is 31.5. The van der Waals surface area contributed by atoms with Crippen LogP contribution in [0, 0.1) is 0 Å². The number of rotatable bonds is 6. The second-order valence-corrected chi connectivity index (χ2v) is 14.4. The van der Waals surface area contributed by atoms with Crippen LogP contribution in [0.25, 0.3) is 22.0 Å². The molecule has 13 heteroatoms. The highest BCUT2D eigenvalue weighted by atomic mass is 79.9. The van der Waals surface area contributed by atoms with Gasteiger partial charge in [0.25, 0.3) is 0 Å². The predicted octanol–water partition coefficient (Wildman–Crippen LogP) is 7.93. The number of hydrogen-bond acceptors (Lipinski definition) is 5. The molecule has 2 saturated heterocycles. The zero-order chi connectivity index (χ0) is 31.2. The Kier molecular flexibility index (Phi) is 8.86. The molecule has 0 spiro atoms. The van der Waals surface area contributed by atoms with Gasteiger partial charge in [0.15, 0.2) is 6.23 Å². The first-order valence-electron chi connectivity index (χ1n) is 14.4. The van der Waals surface area contributed by atoms with Gasteiger partial charge in [-0.1, -0.05) is 57.9 Å². The summed E-state index contributed by atoms with van der Waals surface area (Å²) in [7, 11) is -5.43. The fraction of sp³-hybridized carbons (Fsp3) is 0.387. The van der Waals surface area contributed by atoms with Crippen LogP contribution in [0.2, 0.25) is 5.02 Å². The Morgan fingerprint density at radius 3 is 2.27 bits per heavy atom. The van der Waals surface area contributed by atoms with Gasteiger partial charge in [0.2, 0.25) is 0 Å². The summed E-state index contributed by atoms with van der Waals surface area (Å²) in [5, 5.41) is 18.1. The second-order valence-electron chi connectivity index (χ2n) is 11.2. The Morgan fingerprint density at radius 2 is 1.66 bits per heavy atom. The minimum atomic E-state index is -5.43. The van der Waals surface area contributed by atoms with Crippen LogP contribution in [0.4, 0.5) is 13.2 Å². The van der Waals surface area contributed by atoms with Crippen LogP contribution in [0.3, 0.4) is 0 Å². The molecule has 2 fully saturated rings. The summed E-state index contributed by atoms with van der Waals surface area (Å²) in [5.41, 5.74) is -1.11. The molecule has 4 aromatic rings. The number of nitrogens with zero attached hydrogens (tertiary/aromatic N) is 3. The Labute approximate surface area is 266 Å². The topological polar surface area (TPSA) is 84.7 Å². The average Bonchev–Trinajstić information content (AvgIpc) is 3.41. The van der Waals surface area contributed by atoms with E-state index in [2.05, 4.69) is 15.9 Å². The Balaban J connectivity index is 1.53. The van der Waals surface area contributed by atoms with Gasteiger partial charge in [0.05, 0.1) is 11.2 Å². The molecule has 234 valence electrons. The number of aliphatic hydroxyl groups is 1. The molecule has 1 N–H and O–H groups in total. The molecular weight excluding hydrogens is 683 g/mol. The molecule has 7 nitrogen and oxygen atoms in total. The van der Waals surface area contributed by atoms with E-state index in [1.54, 1.807) is 12.1 Å². The molecule has 0 radical (unpaired) electrons. The van der Waals surface area contributed by atoms with E-state index >= 15 is 0 Å². The Bertz CT molecular complexity index is 1750. The van der Waals surface area contributed by atoms with Crippen LogP contribution in [-0.2, 0) is 14.8 Å². The van der Waals surface area contributed by atoms with Gasteiger partial charge in [-0.25, -0.2) is 13.1 Å². The van der Waals surface area contributed by atoms with Gasteiger partial charge in [-0.3, -0.25) is 0 Å². The summed E-state index contributed by atoms with van der Waals surface area (Å²) in [4.78, 5) is 0. The van der Waals surface area contributed by atoms with E-state index in [0.717, 1.165) is 45.8 Å². The number of alkyl halides is 3. The minimum Gasteiger partial charge on any atom is -0.384 e. The van der Waals surface area contributed by atoms with E-state index in [9.17, 15) is 26.7 Å². The van der Waals surface area contributed by atoms with Crippen LogP contribution in [0.15, 0.2) is 65.1 Å². The first-order chi connectivity index (χ1) is 21.0. The van der Waals surface area contributed by atoms with E-state index in [0.29, 0.717) is 32.8 Å². The van der Waals surface area contributed by atoms with Crippen molar-refractivity contribution in [3.63, 3.8) is 0 Å². The molecule has 0 aliphatic carbocycles. The maximum Gasteiger partial charge on any atom is 0.511 e. The van der Waals surface area contributed by atoms with Crippen LogP contribution in [0.1, 0.15) is 67.2 Å². The smallest absolute Gasteiger partial charge is 0.384 e. The monoisotopic (exact) mass is 711 g/mol. The van der Waals surface area contributed by atoms with E-state index < -0.39 is 21.6 Å². The van der Waals surface area contributed by atoms with Crippen LogP contribution < -0.4 is 0 Å². The molecule has 3 heterocycles. The quantitative estimate of drug-likeness (QED) is 0.220. The lowest BCUT2D eigenvalue weighted by atomic mass is 9.85. The molecular formula is C31H30BrClF3N3O4S. The summed E-state index contributed by atoms with van der Waals surface area (Å²) in [6, 6.07) is 18.4. The highest BCUT2D eigenvalue weighted by molar-refractivity contribution is 9.10. The van der Waals surface area contributed by atoms with Crippen molar-refractivity contribution in [2.45, 2.75) is 55.9 Å². The van der Waals surface area contributed by atoms with E-state index in [4.69, 9.17) is 21.4 Å². The van der Waals surface area contributed by atoms with Crippen LogP contribution >= 0.6 is 27.5 Å². The molecule has 44 heavy (non-hydrogen) atoms. The number of halogens is 5. The van der Waals surface area contributed by atoms with Crippen molar-refractivity contribution >= 4 is 48.5 Å². The van der Waals surface area contributed by atoms with Crippen molar-refractivity contribution in [2.24, 2.45) is 0 Å². The van der Waals surface area contributed by atoms with Gasteiger partial charge in [-0.15, -0.1) is 0 Å². The number of benzene rings is 3. The largest absolute Gasteiger partial charge is 0.511 e. The summed E-state index contributed by atoms with van der Waals surface area (Å²) in [6.45, 7) is 0.0238. The fourth-order valence-electron chi connectivity index (χ4n) is 6.20. The first-order valence-corrected chi connectivity index (χ1v) is 17.0. The second kappa shape index (κ2) is 12.4. The zero-order valence-electron chi connectivity index (χ0n) is 23.5.